The van der Waals surface area contributed by atoms with Crippen molar-refractivity contribution in [2.75, 3.05) is 11.5 Å². The van der Waals surface area contributed by atoms with Crippen LogP contribution in [-0.2, 0) is 9.84 Å². The van der Waals surface area contributed by atoms with Gasteiger partial charge in [-0.15, -0.1) is 0 Å². The van der Waals surface area contributed by atoms with Crippen LogP contribution in [0, 0.1) is 0 Å². The molecule has 0 aliphatic rings. The summed E-state index contributed by atoms with van der Waals surface area (Å²) in [7, 11) is -3.31. The summed E-state index contributed by atoms with van der Waals surface area (Å²) >= 11 is 0. The smallest absolute Gasteiger partial charge is 0.181 e. The van der Waals surface area contributed by atoms with Gasteiger partial charge in [0.05, 0.1) is 5.75 Å². The lowest BCUT2D eigenvalue weighted by Gasteiger charge is -2.10. The van der Waals surface area contributed by atoms with Gasteiger partial charge >= 0.3 is 0 Å². The fourth-order valence-corrected chi connectivity index (χ4v) is 2.62. The van der Waals surface area contributed by atoms with Gasteiger partial charge in [-0.25, -0.2) is 8.42 Å². The molecule has 0 atom stereocenters. The molecule has 0 saturated carbocycles. The van der Waals surface area contributed by atoms with E-state index in [1.54, 1.807) is 55.5 Å². The third-order valence-corrected chi connectivity index (χ3v) is 4.44. The van der Waals surface area contributed by atoms with Crippen molar-refractivity contribution in [2.45, 2.75) is 11.8 Å². The molecule has 2 N–H and O–H groups in total. The molecule has 4 nitrogen and oxygen atoms in total. The number of nitrogens with two attached hydrogens (primary N) is 1. The lowest BCUT2D eigenvalue weighted by atomic mass is 10.3. The van der Waals surface area contributed by atoms with Gasteiger partial charge < -0.3 is 10.5 Å². The van der Waals surface area contributed by atoms with E-state index in [0.29, 0.717) is 17.2 Å². The van der Waals surface area contributed by atoms with Gasteiger partial charge in [-0.2, -0.15) is 0 Å². The number of hydrogen-bond donors (Lipinski definition) is 1. The molecule has 0 saturated heterocycles. The predicted molar refractivity (Wildman–Crippen MR) is 75.1 cm³/mol. The summed E-state index contributed by atoms with van der Waals surface area (Å²) in [5.41, 5.74) is 6.22. The third-order valence-electron chi connectivity index (χ3n) is 2.67. The van der Waals surface area contributed by atoms with Crippen molar-refractivity contribution in [3.05, 3.63) is 48.5 Å². The van der Waals surface area contributed by atoms with Gasteiger partial charge in [0.15, 0.2) is 9.84 Å². The van der Waals surface area contributed by atoms with Crippen LogP contribution < -0.4 is 10.5 Å². The van der Waals surface area contributed by atoms with Crippen LogP contribution in [0.3, 0.4) is 0 Å². The maximum atomic E-state index is 12.0. The molecule has 2 aromatic rings. The zero-order chi connectivity index (χ0) is 13.9. The van der Waals surface area contributed by atoms with Crippen LogP contribution in [0.2, 0.25) is 0 Å². The molecule has 0 aromatic heterocycles. The molecule has 2 aromatic carbocycles. The van der Waals surface area contributed by atoms with Crippen LogP contribution in [-0.4, -0.2) is 14.2 Å². The molecule has 0 radical (unpaired) electrons. The van der Waals surface area contributed by atoms with Gasteiger partial charge in [0, 0.05) is 5.69 Å². The summed E-state index contributed by atoms with van der Waals surface area (Å²) in [6.07, 6.45) is 0. The standard InChI is InChI=1S/C14H15NO3S/c1-2-19(16,17)14-6-4-3-5-13(14)18-12-9-7-11(15)8-10-12/h3-10H,2,15H2,1H3. The number of benzene rings is 2. The van der Waals surface area contributed by atoms with Gasteiger partial charge in [0.1, 0.15) is 16.4 Å². The number of nitrogen functional groups attached to an aromatic ring is 1. The number of sulfone groups is 1. The molecular weight excluding hydrogens is 262 g/mol. The van der Waals surface area contributed by atoms with Gasteiger partial charge in [0.25, 0.3) is 0 Å². The Bertz CT molecular complexity index is 663. The van der Waals surface area contributed by atoms with E-state index in [1.165, 1.54) is 0 Å². The first kappa shape index (κ1) is 13.4. The highest BCUT2D eigenvalue weighted by Crippen LogP contribution is 2.29. The molecule has 0 heterocycles. The largest absolute Gasteiger partial charge is 0.456 e. The average molecular weight is 277 g/mol. The minimum atomic E-state index is -3.31. The second-order valence-corrected chi connectivity index (χ2v) is 6.27. The lowest BCUT2D eigenvalue weighted by Crippen LogP contribution is -2.05. The van der Waals surface area contributed by atoms with E-state index in [9.17, 15) is 8.42 Å². The molecule has 0 fully saturated rings. The van der Waals surface area contributed by atoms with E-state index in [-0.39, 0.29) is 10.6 Å². The summed E-state index contributed by atoms with van der Waals surface area (Å²) in [4.78, 5) is 0.203. The fourth-order valence-electron chi connectivity index (χ4n) is 1.61. The first-order valence-electron chi connectivity index (χ1n) is 5.88. The highest BCUT2D eigenvalue weighted by atomic mass is 32.2. The van der Waals surface area contributed by atoms with Crippen LogP contribution >= 0.6 is 0 Å². The van der Waals surface area contributed by atoms with E-state index in [1.807, 2.05) is 0 Å². The van der Waals surface area contributed by atoms with Crippen LogP contribution in [0.15, 0.2) is 53.4 Å². The molecule has 0 amide bonds. The van der Waals surface area contributed by atoms with E-state index < -0.39 is 9.84 Å². The van der Waals surface area contributed by atoms with Crippen molar-refractivity contribution >= 4 is 15.5 Å². The quantitative estimate of drug-likeness (QED) is 0.872. The van der Waals surface area contributed by atoms with Crippen molar-refractivity contribution in [3.63, 3.8) is 0 Å². The Morgan fingerprint density at radius 1 is 1.05 bits per heavy atom. The average Bonchev–Trinajstić information content (AvgIpc) is 2.42. The number of rotatable bonds is 4. The van der Waals surface area contributed by atoms with Crippen molar-refractivity contribution in [2.24, 2.45) is 0 Å². The molecular formula is C14H15NO3S. The molecule has 19 heavy (non-hydrogen) atoms. The summed E-state index contributed by atoms with van der Waals surface area (Å²) in [5.74, 6) is 0.914. The molecule has 100 valence electrons. The molecule has 0 unspecified atom stereocenters. The normalized spacial score (nSPS) is 11.2. The third kappa shape index (κ3) is 3.06. The Morgan fingerprint density at radius 2 is 1.68 bits per heavy atom. The first-order chi connectivity index (χ1) is 9.03. The van der Waals surface area contributed by atoms with E-state index >= 15 is 0 Å². The Labute approximate surface area is 112 Å². The SMILES string of the molecule is CCS(=O)(=O)c1ccccc1Oc1ccc(N)cc1. The maximum Gasteiger partial charge on any atom is 0.181 e. The second kappa shape index (κ2) is 5.32. The molecule has 2 rings (SSSR count). The van der Waals surface area contributed by atoms with Crippen molar-refractivity contribution < 1.29 is 13.2 Å². The van der Waals surface area contributed by atoms with Crippen molar-refractivity contribution in [1.29, 1.82) is 0 Å². The summed E-state index contributed by atoms with van der Waals surface area (Å²) in [6, 6.07) is 13.4. The minimum absolute atomic E-state index is 0.0368. The molecule has 0 aliphatic heterocycles. The van der Waals surface area contributed by atoms with Crippen LogP contribution in [0.1, 0.15) is 6.92 Å². The Hall–Kier alpha value is -2.01. The molecule has 0 aliphatic carbocycles. The molecule has 0 bridgehead atoms. The Balaban J connectivity index is 2.38. The summed E-state index contributed by atoms with van der Waals surface area (Å²) < 4.78 is 29.6. The summed E-state index contributed by atoms with van der Waals surface area (Å²) in [5, 5.41) is 0. The monoisotopic (exact) mass is 277 g/mol. The van der Waals surface area contributed by atoms with Gasteiger partial charge in [0.2, 0.25) is 0 Å². The zero-order valence-corrected chi connectivity index (χ0v) is 11.4. The number of hydrogen-bond acceptors (Lipinski definition) is 4. The Kier molecular flexibility index (Phi) is 3.76. The maximum absolute atomic E-state index is 12.0. The van der Waals surface area contributed by atoms with E-state index in [4.69, 9.17) is 10.5 Å². The van der Waals surface area contributed by atoms with Crippen LogP contribution in [0.4, 0.5) is 5.69 Å². The minimum Gasteiger partial charge on any atom is -0.456 e. The summed E-state index contributed by atoms with van der Waals surface area (Å²) in [6.45, 7) is 1.61. The van der Waals surface area contributed by atoms with E-state index in [2.05, 4.69) is 0 Å². The molecule has 0 spiro atoms. The topological polar surface area (TPSA) is 69.4 Å². The number of anilines is 1. The van der Waals surface area contributed by atoms with Crippen molar-refractivity contribution in [3.8, 4) is 11.5 Å². The molecule has 5 heteroatoms. The first-order valence-corrected chi connectivity index (χ1v) is 7.53. The van der Waals surface area contributed by atoms with E-state index in [0.717, 1.165) is 0 Å². The zero-order valence-electron chi connectivity index (χ0n) is 10.5. The predicted octanol–water partition coefficient (Wildman–Crippen LogP) is 2.85. The van der Waals surface area contributed by atoms with Crippen LogP contribution in [0.25, 0.3) is 0 Å². The highest BCUT2D eigenvalue weighted by molar-refractivity contribution is 7.91. The highest BCUT2D eigenvalue weighted by Gasteiger charge is 2.17. The van der Waals surface area contributed by atoms with Gasteiger partial charge in [-0.1, -0.05) is 19.1 Å². The fraction of sp³-hybridized carbons (Fsp3) is 0.143. The Morgan fingerprint density at radius 3 is 2.32 bits per heavy atom. The second-order valence-electron chi connectivity index (χ2n) is 4.02. The number of ether oxygens (including phenoxy) is 1. The van der Waals surface area contributed by atoms with Gasteiger partial charge in [-0.05, 0) is 36.4 Å². The van der Waals surface area contributed by atoms with Crippen molar-refractivity contribution in [1.82, 2.24) is 0 Å². The van der Waals surface area contributed by atoms with Gasteiger partial charge in [-0.3, -0.25) is 0 Å². The number of para-hydroxylation sites is 1. The van der Waals surface area contributed by atoms with Crippen LogP contribution in [0.5, 0.6) is 11.5 Å². The lowest BCUT2D eigenvalue weighted by molar-refractivity contribution is 0.467.